The summed E-state index contributed by atoms with van der Waals surface area (Å²) in [7, 11) is 1.68. The van der Waals surface area contributed by atoms with Gasteiger partial charge in [-0.05, 0) is 30.2 Å². The Morgan fingerprint density at radius 2 is 2.21 bits per heavy atom. The summed E-state index contributed by atoms with van der Waals surface area (Å²) >= 11 is 0. The van der Waals surface area contributed by atoms with Crippen LogP contribution in [0.3, 0.4) is 0 Å². The third-order valence-electron chi connectivity index (χ3n) is 1.94. The van der Waals surface area contributed by atoms with Gasteiger partial charge in [0, 0.05) is 7.11 Å². The van der Waals surface area contributed by atoms with Crippen LogP contribution in [0.1, 0.15) is 11.1 Å². The average Bonchev–Trinajstić information content (AvgIpc) is 2.19. The largest absolute Gasteiger partial charge is 0.481 e. The molecule has 74 valence electrons. The zero-order valence-electron chi connectivity index (χ0n) is 8.54. The van der Waals surface area contributed by atoms with Crippen molar-refractivity contribution in [1.29, 1.82) is 0 Å². The lowest BCUT2D eigenvalue weighted by atomic mass is 10.1. The van der Waals surface area contributed by atoms with Crippen LogP contribution in [0.5, 0.6) is 5.75 Å². The number of hydrogen-bond donors (Lipinski definition) is 0. The van der Waals surface area contributed by atoms with E-state index in [0.29, 0.717) is 13.2 Å². The number of terminal acetylenes is 1. The normalized spacial score (nSPS) is 9.50. The van der Waals surface area contributed by atoms with Crippen LogP contribution in [0.2, 0.25) is 0 Å². The van der Waals surface area contributed by atoms with Crippen molar-refractivity contribution in [1.82, 2.24) is 0 Å². The summed E-state index contributed by atoms with van der Waals surface area (Å²) in [6.45, 7) is 2.96. The van der Waals surface area contributed by atoms with Crippen LogP contribution in [0.4, 0.5) is 0 Å². The van der Waals surface area contributed by atoms with E-state index in [1.165, 1.54) is 5.56 Å². The van der Waals surface area contributed by atoms with Crippen LogP contribution in [0.15, 0.2) is 18.2 Å². The number of hydrogen-bond acceptors (Lipinski definition) is 2. The van der Waals surface area contributed by atoms with E-state index in [4.69, 9.17) is 15.9 Å². The van der Waals surface area contributed by atoms with Gasteiger partial charge in [-0.1, -0.05) is 12.0 Å². The van der Waals surface area contributed by atoms with Crippen molar-refractivity contribution in [2.75, 3.05) is 13.7 Å². The highest BCUT2D eigenvalue weighted by Crippen LogP contribution is 2.17. The number of benzene rings is 1. The van der Waals surface area contributed by atoms with Crippen molar-refractivity contribution in [3.05, 3.63) is 29.3 Å². The molecule has 0 spiro atoms. The first-order chi connectivity index (χ1) is 6.77. The summed E-state index contributed by atoms with van der Waals surface area (Å²) in [5.41, 5.74) is 2.32. The lowest BCUT2D eigenvalue weighted by Crippen LogP contribution is -1.96. The van der Waals surface area contributed by atoms with Crippen LogP contribution in [-0.4, -0.2) is 13.7 Å². The summed E-state index contributed by atoms with van der Waals surface area (Å²) in [5, 5.41) is 0. The fourth-order valence-electron chi connectivity index (χ4n) is 1.20. The minimum Gasteiger partial charge on any atom is -0.481 e. The van der Waals surface area contributed by atoms with Crippen LogP contribution in [-0.2, 0) is 11.3 Å². The Hall–Kier alpha value is -1.46. The van der Waals surface area contributed by atoms with E-state index in [0.717, 1.165) is 11.3 Å². The van der Waals surface area contributed by atoms with E-state index >= 15 is 0 Å². The molecule has 0 bridgehead atoms. The number of methoxy groups -OCH3 is 1. The molecule has 1 aromatic carbocycles. The molecule has 1 rings (SSSR count). The van der Waals surface area contributed by atoms with Gasteiger partial charge in [-0.3, -0.25) is 0 Å². The van der Waals surface area contributed by atoms with Gasteiger partial charge in [-0.25, -0.2) is 0 Å². The third kappa shape index (κ3) is 2.79. The number of ether oxygens (including phenoxy) is 2. The Labute approximate surface area is 84.8 Å². The van der Waals surface area contributed by atoms with E-state index in [-0.39, 0.29) is 0 Å². The second kappa shape index (κ2) is 5.31. The van der Waals surface area contributed by atoms with E-state index < -0.39 is 0 Å². The Morgan fingerprint density at radius 3 is 2.79 bits per heavy atom. The first-order valence-electron chi connectivity index (χ1n) is 4.42. The molecule has 0 aromatic heterocycles. The zero-order valence-corrected chi connectivity index (χ0v) is 8.54. The molecule has 2 nitrogen and oxygen atoms in total. The predicted molar refractivity (Wildman–Crippen MR) is 56.2 cm³/mol. The van der Waals surface area contributed by atoms with Crippen LogP contribution in [0.25, 0.3) is 0 Å². The highest BCUT2D eigenvalue weighted by Gasteiger charge is 1.99. The van der Waals surface area contributed by atoms with Crippen molar-refractivity contribution >= 4 is 0 Å². The van der Waals surface area contributed by atoms with Crippen molar-refractivity contribution in [3.8, 4) is 18.1 Å². The second-order valence-electron chi connectivity index (χ2n) is 3.01. The molecule has 0 saturated heterocycles. The number of aryl methyl sites for hydroxylation is 1. The van der Waals surface area contributed by atoms with Crippen LogP contribution in [0, 0.1) is 19.3 Å². The fourth-order valence-corrected chi connectivity index (χ4v) is 1.20. The summed E-state index contributed by atoms with van der Waals surface area (Å²) in [6, 6.07) is 5.86. The summed E-state index contributed by atoms with van der Waals surface area (Å²) in [6.07, 6.45) is 5.10. The molecule has 0 aliphatic heterocycles. The number of rotatable bonds is 4. The first kappa shape index (κ1) is 10.6. The van der Waals surface area contributed by atoms with E-state index in [2.05, 4.69) is 5.92 Å². The van der Waals surface area contributed by atoms with E-state index in [1.807, 2.05) is 25.1 Å². The molecule has 0 aliphatic carbocycles. The molecule has 14 heavy (non-hydrogen) atoms. The molecule has 0 amide bonds. The van der Waals surface area contributed by atoms with Crippen LogP contribution >= 0.6 is 0 Å². The summed E-state index contributed by atoms with van der Waals surface area (Å²) in [4.78, 5) is 0. The van der Waals surface area contributed by atoms with Gasteiger partial charge in [0.2, 0.25) is 0 Å². The van der Waals surface area contributed by atoms with E-state index in [1.54, 1.807) is 7.11 Å². The van der Waals surface area contributed by atoms with Crippen molar-refractivity contribution in [3.63, 3.8) is 0 Å². The van der Waals surface area contributed by atoms with Gasteiger partial charge in [0.15, 0.2) is 0 Å². The topological polar surface area (TPSA) is 18.5 Å². The summed E-state index contributed by atoms with van der Waals surface area (Å²) in [5.74, 6) is 3.23. The molecule has 0 saturated carbocycles. The zero-order chi connectivity index (χ0) is 10.4. The monoisotopic (exact) mass is 190 g/mol. The standard InChI is InChI=1S/C12H14O2/c1-4-7-14-12-6-5-11(9-13-3)10(2)8-12/h1,5-6,8H,7,9H2,2-3H3. The Balaban J connectivity index is 2.74. The molecule has 0 N–H and O–H groups in total. The molecule has 1 aromatic rings. The van der Waals surface area contributed by atoms with Crippen molar-refractivity contribution in [2.24, 2.45) is 0 Å². The smallest absolute Gasteiger partial charge is 0.148 e. The van der Waals surface area contributed by atoms with E-state index in [9.17, 15) is 0 Å². The lowest BCUT2D eigenvalue weighted by Gasteiger charge is -2.07. The molecular formula is C12H14O2. The minimum absolute atomic E-state index is 0.309. The minimum atomic E-state index is 0.309. The van der Waals surface area contributed by atoms with Gasteiger partial charge in [0.1, 0.15) is 12.4 Å². The molecule has 0 fully saturated rings. The SMILES string of the molecule is C#CCOc1ccc(COC)c(C)c1. The van der Waals surface area contributed by atoms with Gasteiger partial charge in [0.05, 0.1) is 6.61 Å². The van der Waals surface area contributed by atoms with Gasteiger partial charge in [-0.2, -0.15) is 0 Å². The second-order valence-corrected chi connectivity index (χ2v) is 3.01. The van der Waals surface area contributed by atoms with Gasteiger partial charge in [-0.15, -0.1) is 6.42 Å². The molecule has 0 heterocycles. The predicted octanol–water partition coefficient (Wildman–Crippen LogP) is 2.15. The molecular weight excluding hydrogens is 176 g/mol. The fraction of sp³-hybridized carbons (Fsp3) is 0.333. The Bertz CT molecular complexity index is 337. The lowest BCUT2D eigenvalue weighted by molar-refractivity contribution is 0.184. The van der Waals surface area contributed by atoms with Gasteiger partial charge < -0.3 is 9.47 Å². The highest BCUT2D eigenvalue weighted by molar-refractivity contribution is 5.34. The summed E-state index contributed by atoms with van der Waals surface area (Å²) < 4.78 is 10.3. The quantitative estimate of drug-likeness (QED) is 0.677. The molecule has 2 heteroatoms. The van der Waals surface area contributed by atoms with Gasteiger partial charge >= 0.3 is 0 Å². The molecule has 0 atom stereocenters. The maximum atomic E-state index is 5.29. The maximum absolute atomic E-state index is 5.29. The maximum Gasteiger partial charge on any atom is 0.148 e. The molecule has 0 unspecified atom stereocenters. The first-order valence-corrected chi connectivity index (χ1v) is 4.42. The average molecular weight is 190 g/mol. The molecule has 0 radical (unpaired) electrons. The van der Waals surface area contributed by atoms with Crippen molar-refractivity contribution in [2.45, 2.75) is 13.5 Å². The van der Waals surface area contributed by atoms with Crippen molar-refractivity contribution < 1.29 is 9.47 Å². The van der Waals surface area contributed by atoms with Gasteiger partial charge in [0.25, 0.3) is 0 Å². The highest BCUT2D eigenvalue weighted by atomic mass is 16.5. The Kier molecular flexibility index (Phi) is 4.03. The Morgan fingerprint density at radius 1 is 1.43 bits per heavy atom. The molecule has 0 aliphatic rings. The third-order valence-corrected chi connectivity index (χ3v) is 1.94. The van der Waals surface area contributed by atoms with Crippen LogP contribution < -0.4 is 4.74 Å².